The number of hydrogen-bond donors (Lipinski definition) is 1. The normalized spacial score (nSPS) is 10.3. The quantitative estimate of drug-likeness (QED) is 0.939. The van der Waals surface area contributed by atoms with Crippen LogP contribution < -0.4 is 10.1 Å². The molecule has 0 radical (unpaired) electrons. The van der Waals surface area contributed by atoms with Gasteiger partial charge in [-0.1, -0.05) is 21.1 Å². The Bertz CT molecular complexity index is 595. The number of nitrogens with zero attached hydrogens (tertiary/aromatic N) is 1. The Labute approximate surface area is 119 Å². The lowest BCUT2D eigenvalue weighted by Crippen LogP contribution is -2.22. The number of aryl methyl sites for hydroxylation is 1. The first-order chi connectivity index (χ1) is 9.10. The summed E-state index contributed by atoms with van der Waals surface area (Å²) in [6, 6.07) is 7.20. The summed E-state index contributed by atoms with van der Waals surface area (Å²) in [4.78, 5) is 11.8. The minimum atomic E-state index is -0.303. The van der Waals surface area contributed by atoms with Crippen LogP contribution in [0.2, 0.25) is 0 Å². The smallest absolute Gasteiger partial charge is 0.290 e. The molecule has 0 fully saturated rings. The molecular weight excluding hydrogens is 312 g/mol. The van der Waals surface area contributed by atoms with E-state index in [-0.39, 0.29) is 11.7 Å². The maximum atomic E-state index is 11.8. The maximum absolute atomic E-state index is 11.8. The van der Waals surface area contributed by atoms with Crippen LogP contribution in [0.3, 0.4) is 0 Å². The van der Waals surface area contributed by atoms with Crippen LogP contribution in [-0.4, -0.2) is 18.2 Å². The molecule has 2 rings (SSSR count). The van der Waals surface area contributed by atoms with E-state index in [0.717, 1.165) is 15.8 Å². The number of benzene rings is 1. The zero-order valence-electron chi connectivity index (χ0n) is 10.6. The summed E-state index contributed by atoms with van der Waals surface area (Å²) >= 11 is 3.38. The molecule has 0 atom stereocenters. The van der Waals surface area contributed by atoms with Crippen LogP contribution in [0.25, 0.3) is 0 Å². The molecule has 1 amide bonds. The molecule has 0 aliphatic carbocycles. The van der Waals surface area contributed by atoms with Crippen molar-refractivity contribution in [1.29, 1.82) is 0 Å². The summed E-state index contributed by atoms with van der Waals surface area (Å²) in [5, 5.41) is 6.43. The molecule has 5 nitrogen and oxygen atoms in total. The van der Waals surface area contributed by atoms with Crippen LogP contribution in [-0.2, 0) is 6.54 Å². The predicted octanol–water partition coefficient (Wildman–Crippen LogP) is 2.68. The zero-order chi connectivity index (χ0) is 13.8. The molecule has 0 saturated heterocycles. The number of aromatic nitrogens is 1. The Morgan fingerprint density at radius 3 is 2.89 bits per heavy atom. The number of carbonyl (C=O) groups excluding carboxylic acids is 1. The minimum absolute atomic E-state index is 0.200. The fourth-order valence-electron chi connectivity index (χ4n) is 1.62. The molecule has 6 heteroatoms. The standard InChI is InChI=1S/C13H13BrN2O3/c1-8-5-12(19-16-8)13(17)15-7-9-6-10(14)3-4-11(9)18-2/h3-6H,7H2,1-2H3,(H,15,17). The number of nitrogens with one attached hydrogen (secondary N) is 1. The van der Waals surface area contributed by atoms with Crippen LogP contribution in [0.4, 0.5) is 0 Å². The van der Waals surface area contributed by atoms with Gasteiger partial charge in [0.25, 0.3) is 5.91 Å². The minimum Gasteiger partial charge on any atom is -0.496 e. The molecule has 0 bridgehead atoms. The van der Waals surface area contributed by atoms with Crippen LogP contribution in [0.5, 0.6) is 5.75 Å². The molecule has 1 heterocycles. The van der Waals surface area contributed by atoms with E-state index in [2.05, 4.69) is 26.4 Å². The number of methoxy groups -OCH3 is 1. The molecule has 0 aliphatic rings. The van der Waals surface area contributed by atoms with Crippen molar-refractivity contribution in [3.05, 3.63) is 45.8 Å². The third-order valence-corrected chi connectivity index (χ3v) is 3.03. The SMILES string of the molecule is COc1ccc(Br)cc1CNC(=O)c1cc(C)no1. The van der Waals surface area contributed by atoms with Gasteiger partial charge in [0, 0.05) is 22.6 Å². The number of hydrogen-bond acceptors (Lipinski definition) is 4. The molecule has 100 valence electrons. The van der Waals surface area contributed by atoms with Gasteiger partial charge in [-0.3, -0.25) is 4.79 Å². The molecule has 0 saturated carbocycles. The first kappa shape index (κ1) is 13.6. The summed E-state index contributed by atoms with van der Waals surface area (Å²) in [6.07, 6.45) is 0. The number of rotatable bonds is 4. The molecule has 0 unspecified atom stereocenters. The average molecular weight is 325 g/mol. The van der Waals surface area contributed by atoms with Gasteiger partial charge < -0.3 is 14.6 Å². The van der Waals surface area contributed by atoms with Gasteiger partial charge in [-0.25, -0.2) is 0 Å². The Hall–Kier alpha value is -1.82. The second-order valence-electron chi connectivity index (χ2n) is 3.97. The van der Waals surface area contributed by atoms with Gasteiger partial charge in [0.1, 0.15) is 5.75 Å². The molecule has 2 aromatic rings. The highest BCUT2D eigenvalue weighted by Gasteiger charge is 2.12. The lowest BCUT2D eigenvalue weighted by molar-refractivity contribution is 0.0913. The van der Waals surface area contributed by atoms with E-state index < -0.39 is 0 Å². The lowest BCUT2D eigenvalue weighted by Gasteiger charge is -2.09. The number of amides is 1. The summed E-state index contributed by atoms with van der Waals surface area (Å²) in [5.41, 5.74) is 1.55. The first-order valence-corrected chi connectivity index (χ1v) is 6.43. The van der Waals surface area contributed by atoms with E-state index in [1.807, 2.05) is 18.2 Å². The second kappa shape index (κ2) is 5.88. The predicted molar refractivity (Wildman–Crippen MR) is 73.1 cm³/mol. The largest absolute Gasteiger partial charge is 0.496 e. The first-order valence-electron chi connectivity index (χ1n) is 5.64. The third-order valence-electron chi connectivity index (χ3n) is 2.53. The third kappa shape index (κ3) is 3.35. The van der Waals surface area contributed by atoms with E-state index in [9.17, 15) is 4.79 Å². The Morgan fingerprint density at radius 2 is 2.26 bits per heavy atom. The Kier molecular flexibility index (Phi) is 4.21. The fourth-order valence-corrected chi connectivity index (χ4v) is 2.03. The van der Waals surface area contributed by atoms with Crippen molar-refractivity contribution in [2.24, 2.45) is 0 Å². The Morgan fingerprint density at radius 1 is 1.47 bits per heavy atom. The van der Waals surface area contributed by atoms with Crippen molar-refractivity contribution in [2.75, 3.05) is 7.11 Å². The van der Waals surface area contributed by atoms with Gasteiger partial charge >= 0.3 is 0 Å². The van der Waals surface area contributed by atoms with E-state index in [4.69, 9.17) is 9.26 Å². The molecule has 19 heavy (non-hydrogen) atoms. The van der Waals surface area contributed by atoms with E-state index in [1.165, 1.54) is 0 Å². The lowest BCUT2D eigenvalue weighted by atomic mass is 10.2. The van der Waals surface area contributed by atoms with Gasteiger partial charge in [0.2, 0.25) is 5.76 Å². The van der Waals surface area contributed by atoms with Gasteiger partial charge in [-0.2, -0.15) is 0 Å². The van der Waals surface area contributed by atoms with Crippen molar-refractivity contribution in [2.45, 2.75) is 13.5 Å². The van der Waals surface area contributed by atoms with Crippen LogP contribution in [0.1, 0.15) is 21.8 Å². The van der Waals surface area contributed by atoms with E-state index in [0.29, 0.717) is 12.2 Å². The van der Waals surface area contributed by atoms with Crippen molar-refractivity contribution < 1.29 is 14.1 Å². The summed E-state index contributed by atoms with van der Waals surface area (Å²) in [5.74, 6) is 0.617. The van der Waals surface area contributed by atoms with Crippen molar-refractivity contribution in [1.82, 2.24) is 10.5 Å². The second-order valence-corrected chi connectivity index (χ2v) is 4.89. The number of ether oxygens (including phenoxy) is 1. The summed E-state index contributed by atoms with van der Waals surface area (Å²) in [6.45, 7) is 2.11. The monoisotopic (exact) mass is 324 g/mol. The topological polar surface area (TPSA) is 64.4 Å². The van der Waals surface area contributed by atoms with Crippen molar-refractivity contribution in [3.8, 4) is 5.75 Å². The molecule has 0 aliphatic heterocycles. The van der Waals surface area contributed by atoms with Crippen LogP contribution in [0.15, 0.2) is 33.3 Å². The highest BCUT2D eigenvalue weighted by atomic mass is 79.9. The highest BCUT2D eigenvalue weighted by Crippen LogP contribution is 2.22. The van der Waals surface area contributed by atoms with E-state index in [1.54, 1.807) is 20.1 Å². The van der Waals surface area contributed by atoms with Gasteiger partial charge in [-0.15, -0.1) is 0 Å². The zero-order valence-corrected chi connectivity index (χ0v) is 12.2. The molecule has 1 aromatic carbocycles. The number of halogens is 1. The highest BCUT2D eigenvalue weighted by molar-refractivity contribution is 9.10. The van der Waals surface area contributed by atoms with Gasteiger partial charge in [-0.05, 0) is 25.1 Å². The molecular formula is C13H13BrN2O3. The fraction of sp³-hybridized carbons (Fsp3) is 0.231. The van der Waals surface area contributed by atoms with Crippen molar-refractivity contribution in [3.63, 3.8) is 0 Å². The molecule has 1 N–H and O–H groups in total. The van der Waals surface area contributed by atoms with E-state index >= 15 is 0 Å². The Balaban J connectivity index is 2.06. The average Bonchev–Trinajstić information content (AvgIpc) is 2.83. The van der Waals surface area contributed by atoms with Crippen LogP contribution in [0, 0.1) is 6.92 Å². The summed E-state index contributed by atoms with van der Waals surface area (Å²) < 4.78 is 11.1. The molecule has 0 spiro atoms. The summed E-state index contributed by atoms with van der Waals surface area (Å²) in [7, 11) is 1.59. The van der Waals surface area contributed by atoms with Gasteiger partial charge in [0.05, 0.1) is 12.8 Å². The number of carbonyl (C=O) groups is 1. The molecule has 1 aromatic heterocycles. The van der Waals surface area contributed by atoms with Crippen molar-refractivity contribution >= 4 is 21.8 Å². The van der Waals surface area contributed by atoms with Crippen LogP contribution >= 0.6 is 15.9 Å². The van der Waals surface area contributed by atoms with Gasteiger partial charge in [0.15, 0.2) is 0 Å². The maximum Gasteiger partial charge on any atom is 0.290 e.